The molecule has 92 valence electrons. The third kappa shape index (κ3) is 8.88. The summed E-state index contributed by atoms with van der Waals surface area (Å²) < 4.78 is 5.68. The topological polar surface area (TPSA) is 35.2 Å². The highest BCUT2D eigenvalue weighted by Crippen LogP contribution is 2.06. The Hall–Kier alpha value is -0.0800. The van der Waals surface area contributed by atoms with Crippen molar-refractivity contribution in [2.24, 2.45) is 5.73 Å². The van der Waals surface area contributed by atoms with Gasteiger partial charge in [-0.25, -0.2) is 0 Å². The summed E-state index contributed by atoms with van der Waals surface area (Å²) in [6, 6.07) is 0.199. The van der Waals surface area contributed by atoms with E-state index in [2.05, 4.69) is 20.8 Å². The van der Waals surface area contributed by atoms with Gasteiger partial charge in [0.15, 0.2) is 0 Å². The van der Waals surface area contributed by atoms with Gasteiger partial charge in [0.05, 0.1) is 6.10 Å². The van der Waals surface area contributed by atoms with E-state index in [4.69, 9.17) is 10.5 Å². The maximum atomic E-state index is 5.87. The number of ether oxygens (including phenoxy) is 1. The summed E-state index contributed by atoms with van der Waals surface area (Å²) in [5, 5.41) is 0. The van der Waals surface area contributed by atoms with E-state index in [1.807, 2.05) is 0 Å². The predicted octanol–water partition coefficient (Wildman–Crippen LogP) is 3.49. The van der Waals surface area contributed by atoms with Gasteiger partial charge >= 0.3 is 0 Å². The Morgan fingerprint density at radius 3 is 2.20 bits per heavy atom. The van der Waals surface area contributed by atoms with E-state index in [0.717, 1.165) is 13.0 Å². The van der Waals surface area contributed by atoms with Crippen LogP contribution in [0.5, 0.6) is 0 Å². The summed E-state index contributed by atoms with van der Waals surface area (Å²) in [5.41, 5.74) is 5.87. The van der Waals surface area contributed by atoms with Crippen molar-refractivity contribution in [1.29, 1.82) is 0 Å². The van der Waals surface area contributed by atoms with E-state index in [0.29, 0.717) is 0 Å². The zero-order chi connectivity index (χ0) is 11.5. The van der Waals surface area contributed by atoms with E-state index < -0.39 is 0 Å². The fourth-order valence-electron chi connectivity index (χ4n) is 1.61. The number of hydrogen-bond acceptors (Lipinski definition) is 2. The summed E-state index contributed by atoms with van der Waals surface area (Å²) in [4.78, 5) is 0. The molecule has 0 aromatic carbocycles. The molecule has 2 N–H and O–H groups in total. The molecule has 0 rings (SSSR count). The van der Waals surface area contributed by atoms with Crippen LogP contribution in [0.4, 0.5) is 0 Å². The van der Waals surface area contributed by atoms with Crippen molar-refractivity contribution in [3.63, 3.8) is 0 Å². The lowest BCUT2D eigenvalue weighted by molar-refractivity contribution is 0.0449. The molecule has 0 bridgehead atoms. The second kappa shape index (κ2) is 10.4. The van der Waals surface area contributed by atoms with E-state index in [-0.39, 0.29) is 12.1 Å². The third-order valence-corrected chi connectivity index (χ3v) is 2.95. The summed E-state index contributed by atoms with van der Waals surface area (Å²) in [7, 11) is 0. The summed E-state index contributed by atoms with van der Waals surface area (Å²) in [6.07, 6.45) is 9.12. The first-order chi connectivity index (χ1) is 7.22. The Bertz CT molecular complexity index is 128. The van der Waals surface area contributed by atoms with Gasteiger partial charge in [-0.1, -0.05) is 46.0 Å². The standard InChI is InChI=1S/C13H29NO/c1-4-6-7-8-9-10-11-15-12(3)13(14)5-2/h12-13H,4-11,14H2,1-3H3. The average molecular weight is 215 g/mol. The van der Waals surface area contributed by atoms with Gasteiger partial charge < -0.3 is 10.5 Å². The lowest BCUT2D eigenvalue weighted by atomic mass is 10.1. The fourth-order valence-corrected chi connectivity index (χ4v) is 1.61. The molecule has 2 heteroatoms. The highest BCUT2D eigenvalue weighted by atomic mass is 16.5. The average Bonchev–Trinajstić information content (AvgIpc) is 2.26. The maximum Gasteiger partial charge on any atom is 0.0697 e. The normalized spacial score (nSPS) is 15.2. The van der Waals surface area contributed by atoms with Gasteiger partial charge in [-0.15, -0.1) is 0 Å². The van der Waals surface area contributed by atoms with Crippen LogP contribution in [0, 0.1) is 0 Å². The van der Waals surface area contributed by atoms with Crippen molar-refractivity contribution in [3.05, 3.63) is 0 Å². The van der Waals surface area contributed by atoms with E-state index >= 15 is 0 Å². The number of nitrogens with two attached hydrogens (primary N) is 1. The molecule has 15 heavy (non-hydrogen) atoms. The lowest BCUT2D eigenvalue weighted by Gasteiger charge is -2.18. The van der Waals surface area contributed by atoms with Gasteiger partial charge in [0, 0.05) is 12.6 Å². The van der Waals surface area contributed by atoms with Gasteiger partial charge in [-0.05, 0) is 19.8 Å². The second-order valence-corrected chi connectivity index (χ2v) is 4.42. The van der Waals surface area contributed by atoms with Crippen molar-refractivity contribution >= 4 is 0 Å². The summed E-state index contributed by atoms with van der Waals surface area (Å²) >= 11 is 0. The molecule has 0 amide bonds. The van der Waals surface area contributed by atoms with Crippen LogP contribution in [0.3, 0.4) is 0 Å². The Kier molecular flexibility index (Phi) is 10.4. The van der Waals surface area contributed by atoms with Crippen molar-refractivity contribution in [1.82, 2.24) is 0 Å². The molecule has 0 aromatic heterocycles. The highest BCUT2D eigenvalue weighted by Gasteiger charge is 2.09. The smallest absolute Gasteiger partial charge is 0.0697 e. The molecule has 0 aliphatic carbocycles. The minimum atomic E-state index is 0.199. The lowest BCUT2D eigenvalue weighted by Crippen LogP contribution is -2.34. The molecule has 0 saturated carbocycles. The number of hydrogen-bond donors (Lipinski definition) is 1. The molecule has 2 nitrogen and oxygen atoms in total. The second-order valence-electron chi connectivity index (χ2n) is 4.42. The van der Waals surface area contributed by atoms with Crippen molar-refractivity contribution < 1.29 is 4.74 Å². The molecule has 0 radical (unpaired) electrons. The Morgan fingerprint density at radius 2 is 1.60 bits per heavy atom. The summed E-state index contributed by atoms with van der Waals surface area (Å²) in [6.45, 7) is 7.30. The Balaban J connectivity index is 3.16. The monoisotopic (exact) mass is 215 g/mol. The SMILES string of the molecule is CCCCCCCCOC(C)C(N)CC. The molecular weight excluding hydrogens is 186 g/mol. The molecule has 0 aliphatic rings. The molecular formula is C13H29NO. The first-order valence-corrected chi connectivity index (χ1v) is 6.59. The van der Waals surface area contributed by atoms with Crippen LogP contribution in [-0.4, -0.2) is 18.8 Å². The fraction of sp³-hybridized carbons (Fsp3) is 1.00. The highest BCUT2D eigenvalue weighted by molar-refractivity contribution is 4.66. The van der Waals surface area contributed by atoms with Crippen molar-refractivity contribution in [3.8, 4) is 0 Å². The Morgan fingerprint density at radius 1 is 1.00 bits per heavy atom. The van der Waals surface area contributed by atoms with Gasteiger partial charge in [-0.3, -0.25) is 0 Å². The summed E-state index contributed by atoms with van der Waals surface area (Å²) in [5.74, 6) is 0. The molecule has 0 saturated heterocycles. The van der Waals surface area contributed by atoms with Crippen LogP contribution in [0.25, 0.3) is 0 Å². The first kappa shape index (κ1) is 14.9. The number of rotatable bonds is 10. The first-order valence-electron chi connectivity index (χ1n) is 6.59. The van der Waals surface area contributed by atoms with E-state index in [1.54, 1.807) is 0 Å². The van der Waals surface area contributed by atoms with Crippen molar-refractivity contribution in [2.45, 2.75) is 77.9 Å². The van der Waals surface area contributed by atoms with Gasteiger partial charge in [-0.2, -0.15) is 0 Å². The molecule has 0 aliphatic heterocycles. The molecule has 2 unspecified atom stereocenters. The van der Waals surface area contributed by atoms with Gasteiger partial charge in [0.25, 0.3) is 0 Å². The van der Waals surface area contributed by atoms with E-state index in [9.17, 15) is 0 Å². The van der Waals surface area contributed by atoms with Crippen LogP contribution < -0.4 is 5.73 Å². The van der Waals surface area contributed by atoms with Crippen LogP contribution >= 0.6 is 0 Å². The van der Waals surface area contributed by atoms with Crippen LogP contribution in [-0.2, 0) is 4.74 Å². The third-order valence-electron chi connectivity index (χ3n) is 2.95. The largest absolute Gasteiger partial charge is 0.377 e. The quantitative estimate of drug-likeness (QED) is 0.566. The van der Waals surface area contributed by atoms with Crippen LogP contribution in [0.2, 0.25) is 0 Å². The zero-order valence-corrected chi connectivity index (χ0v) is 10.8. The molecule has 0 aromatic rings. The molecule has 0 heterocycles. The minimum Gasteiger partial charge on any atom is -0.377 e. The minimum absolute atomic E-state index is 0.199. The van der Waals surface area contributed by atoms with Crippen LogP contribution in [0.1, 0.15) is 65.7 Å². The molecule has 2 atom stereocenters. The van der Waals surface area contributed by atoms with Gasteiger partial charge in [0.2, 0.25) is 0 Å². The van der Waals surface area contributed by atoms with Gasteiger partial charge in [0.1, 0.15) is 0 Å². The van der Waals surface area contributed by atoms with Crippen LogP contribution in [0.15, 0.2) is 0 Å². The van der Waals surface area contributed by atoms with Crippen molar-refractivity contribution in [2.75, 3.05) is 6.61 Å². The number of unbranched alkanes of at least 4 members (excludes halogenated alkanes) is 5. The Labute approximate surface area is 95.6 Å². The van der Waals surface area contributed by atoms with E-state index in [1.165, 1.54) is 38.5 Å². The molecule has 0 fully saturated rings. The maximum absolute atomic E-state index is 5.87. The molecule has 0 spiro atoms. The zero-order valence-electron chi connectivity index (χ0n) is 10.8. The predicted molar refractivity (Wildman–Crippen MR) is 67.1 cm³/mol.